The molecule has 3 rings (SSSR count). The molecule has 0 radical (unpaired) electrons. The third kappa shape index (κ3) is 5.84. The van der Waals surface area contributed by atoms with Crippen molar-refractivity contribution >= 4 is 11.8 Å². The lowest BCUT2D eigenvalue weighted by Gasteiger charge is -2.34. The first-order chi connectivity index (χ1) is 13.2. The first-order valence-electron chi connectivity index (χ1n) is 9.43. The van der Waals surface area contributed by atoms with Gasteiger partial charge in [0.05, 0.1) is 12.7 Å². The highest BCUT2D eigenvalue weighted by Crippen LogP contribution is 2.18. The number of anilines is 1. The first-order valence-corrected chi connectivity index (χ1v) is 9.43. The Balaban J connectivity index is 1.38. The normalized spacial score (nSPS) is 15.5. The Bertz CT molecular complexity index is 728. The molecule has 0 atom stereocenters. The van der Waals surface area contributed by atoms with Gasteiger partial charge in [-0.15, -0.1) is 0 Å². The molecule has 0 amide bonds. The van der Waals surface area contributed by atoms with Crippen LogP contribution in [-0.2, 0) is 0 Å². The van der Waals surface area contributed by atoms with E-state index in [4.69, 9.17) is 4.74 Å². The minimum absolute atomic E-state index is 0.413. The Labute approximate surface area is 160 Å². The zero-order valence-corrected chi connectivity index (χ0v) is 16.1. The van der Waals surface area contributed by atoms with E-state index >= 15 is 0 Å². The molecule has 0 saturated carbocycles. The number of pyridine rings is 2. The summed E-state index contributed by atoms with van der Waals surface area (Å²) in [6.45, 7) is 5.26. The average molecular weight is 368 g/mol. The number of aromatic nitrogens is 2. The van der Waals surface area contributed by atoms with Gasteiger partial charge >= 0.3 is 0 Å². The Hall–Kier alpha value is -2.83. The number of hydrogen-bond donors (Lipinski definition) is 2. The van der Waals surface area contributed by atoms with Gasteiger partial charge in [-0.3, -0.25) is 9.98 Å². The standard InChI is InChI=1S/C20H28N6O/c1-16-5-3-7-19(24-16)26-12-8-17(9-13-26)25-20(21-2)23-11-14-27-18-6-4-10-22-15-18/h3-7,10,15,17H,8-9,11-14H2,1-2H3,(H2,21,23,25). The molecule has 2 N–H and O–H groups in total. The van der Waals surface area contributed by atoms with E-state index in [0.29, 0.717) is 19.2 Å². The number of nitrogens with one attached hydrogen (secondary N) is 2. The molecule has 7 nitrogen and oxygen atoms in total. The van der Waals surface area contributed by atoms with Crippen LogP contribution >= 0.6 is 0 Å². The van der Waals surface area contributed by atoms with Crippen LogP contribution in [0.3, 0.4) is 0 Å². The van der Waals surface area contributed by atoms with E-state index in [1.165, 1.54) is 0 Å². The molecule has 1 aliphatic rings. The lowest BCUT2D eigenvalue weighted by Crippen LogP contribution is -2.49. The summed E-state index contributed by atoms with van der Waals surface area (Å²) in [6.07, 6.45) is 5.56. The topological polar surface area (TPSA) is 74.7 Å². The summed E-state index contributed by atoms with van der Waals surface area (Å²) >= 11 is 0. The summed E-state index contributed by atoms with van der Waals surface area (Å²) in [6, 6.07) is 10.4. The zero-order valence-electron chi connectivity index (χ0n) is 16.1. The van der Waals surface area contributed by atoms with E-state index in [-0.39, 0.29) is 0 Å². The summed E-state index contributed by atoms with van der Waals surface area (Å²) in [5, 5.41) is 6.82. The summed E-state index contributed by atoms with van der Waals surface area (Å²) in [7, 11) is 1.79. The van der Waals surface area contributed by atoms with Gasteiger partial charge in [-0.05, 0) is 44.0 Å². The molecule has 144 valence electrons. The third-order valence-electron chi connectivity index (χ3n) is 4.55. The second-order valence-corrected chi connectivity index (χ2v) is 6.58. The van der Waals surface area contributed by atoms with Crippen molar-refractivity contribution in [3.8, 4) is 5.75 Å². The number of rotatable bonds is 6. The van der Waals surface area contributed by atoms with Crippen LogP contribution in [0.2, 0.25) is 0 Å². The van der Waals surface area contributed by atoms with Crippen molar-refractivity contribution < 1.29 is 4.74 Å². The van der Waals surface area contributed by atoms with Gasteiger partial charge in [-0.25, -0.2) is 4.98 Å². The van der Waals surface area contributed by atoms with Crippen LogP contribution in [0.25, 0.3) is 0 Å². The van der Waals surface area contributed by atoms with E-state index in [1.54, 1.807) is 19.4 Å². The van der Waals surface area contributed by atoms with Crippen LogP contribution in [0.5, 0.6) is 5.75 Å². The molecule has 1 aliphatic heterocycles. The van der Waals surface area contributed by atoms with Gasteiger partial charge in [-0.1, -0.05) is 6.07 Å². The third-order valence-corrected chi connectivity index (χ3v) is 4.55. The molecule has 1 fully saturated rings. The largest absolute Gasteiger partial charge is 0.490 e. The minimum atomic E-state index is 0.413. The van der Waals surface area contributed by atoms with Crippen molar-refractivity contribution in [1.29, 1.82) is 0 Å². The second kappa shape index (κ2) is 9.75. The second-order valence-electron chi connectivity index (χ2n) is 6.58. The molecule has 2 aromatic heterocycles. The Morgan fingerprint density at radius 2 is 2.11 bits per heavy atom. The maximum Gasteiger partial charge on any atom is 0.191 e. The molecule has 0 spiro atoms. The Morgan fingerprint density at radius 3 is 2.81 bits per heavy atom. The predicted octanol–water partition coefficient (Wildman–Crippen LogP) is 2.00. The van der Waals surface area contributed by atoms with Crippen molar-refractivity contribution in [2.45, 2.75) is 25.8 Å². The van der Waals surface area contributed by atoms with Crippen molar-refractivity contribution in [3.05, 3.63) is 48.4 Å². The van der Waals surface area contributed by atoms with Crippen LogP contribution in [0.1, 0.15) is 18.5 Å². The molecule has 2 aromatic rings. The van der Waals surface area contributed by atoms with Gasteiger partial charge in [0.25, 0.3) is 0 Å². The van der Waals surface area contributed by atoms with E-state index in [0.717, 1.165) is 49.2 Å². The average Bonchev–Trinajstić information content (AvgIpc) is 2.71. The number of aryl methyl sites for hydroxylation is 1. The van der Waals surface area contributed by atoms with Crippen LogP contribution in [-0.4, -0.2) is 55.3 Å². The molecule has 0 aliphatic carbocycles. The van der Waals surface area contributed by atoms with Gasteiger partial charge in [0, 0.05) is 38.1 Å². The summed E-state index contributed by atoms with van der Waals surface area (Å²) in [4.78, 5) is 15.3. The lowest BCUT2D eigenvalue weighted by molar-refractivity contribution is 0.320. The molecule has 0 aromatic carbocycles. The molecule has 0 bridgehead atoms. The van der Waals surface area contributed by atoms with E-state index < -0.39 is 0 Å². The van der Waals surface area contributed by atoms with E-state index in [9.17, 15) is 0 Å². The molecule has 27 heavy (non-hydrogen) atoms. The number of ether oxygens (including phenoxy) is 1. The smallest absolute Gasteiger partial charge is 0.191 e. The number of piperidine rings is 1. The molecule has 0 unspecified atom stereocenters. The maximum absolute atomic E-state index is 5.64. The first kappa shape index (κ1) is 18.9. The number of nitrogens with zero attached hydrogens (tertiary/aromatic N) is 4. The predicted molar refractivity (Wildman–Crippen MR) is 108 cm³/mol. The number of hydrogen-bond acceptors (Lipinski definition) is 5. The van der Waals surface area contributed by atoms with Gasteiger partial charge in [-0.2, -0.15) is 0 Å². The molecule has 3 heterocycles. The lowest BCUT2D eigenvalue weighted by atomic mass is 10.1. The van der Waals surface area contributed by atoms with Crippen LogP contribution in [0.4, 0.5) is 5.82 Å². The van der Waals surface area contributed by atoms with Gasteiger partial charge < -0.3 is 20.3 Å². The van der Waals surface area contributed by atoms with Gasteiger partial charge in [0.1, 0.15) is 18.2 Å². The van der Waals surface area contributed by atoms with Crippen molar-refractivity contribution in [1.82, 2.24) is 20.6 Å². The van der Waals surface area contributed by atoms with Crippen LogP contribution in [0.15, 0.2) is 47.7 Å². The number of aliphatic imine (C=N–C) groups is 1. The van der Waals surface area contributed by atoms with Crippen molar-refractivity contribution in [2.75, 3.05) is 38.2 Å². The fraction of sp³-hybridized carbons (Fsp3) is 0.450. The quantitative estimate of drug-likeness (QED) is 0.461. The minimum Gasteiger partial charge on any atom is -0.490 e. The van der Waals surface area contributed by atoms with Gasteiger partial charge in [0.15, 0.2) is 5.96 Å². The maximum atomic E-state index is 5.64. The van der Waals surface area contributed by atoms with Crippen LogP contribution in [0, 0.1) is 6.92 Å². The summed E-state index contributed by atoms with van der Waals surface area (Å²) in [5.41, 5.74) is 1.06. The highest BCUT2D eigenvalue weighted by Gasteiger charge is 2.20. The fourth-order valence-electron chi connectivity index (χ4n) is 3.12. The monoisotopic (exact) mass is 368 g/mol. The number of guanidine groups is 1. The fourth-order valence-corrected chi connectivity index (χ4v) is 3.12. The zero-order chi connectivity index (χ0) is 18.9. The highest BCUT2D eigenvalue weighted by molar-refractivity contribution is 5.80. The van der Waals surface area contributed by atoms with E-state index in [2.05, 4.69) is 42.6 Å². The molecule has 1 saturated heterocycles. The molecular weight excluding hydrogens is 340 g/mol. The SMILES string of the molecule is CN=C(NCCOc1cccnc1)NC1CCN(c2cccc(C)n2)CC1. The van der Waals surface area contributed by atoms with Gasteiger partial charge in [0.2, 0.25) is 0 Å². The molecule has 7 heteroatoms. The Kier molecular flexibility index (Phi) is 6.84. The van der Waals surface area contributed by atoms with Crippen molar-refractivity contribution in [2.24, 2.45) is 4.99 Å². The van der Waals surface area contributed by atoms with E-state index in [1.807, 2.05) is 25.1 Å². The van der Waals surface area contributed by atoms with Crippen molar-refractivity contribution in [3.63, 3.8) is 0 Å². The van der Waals surface area contributed by atoms with Crippen LogP contribution < -0.4 is 20.3 Å². The Morgan fingerprint density at radius 1 is 1.26 bits per heavy atom. The summed E-state index contributed by atoms with van der Waals surface area (Å²) < 4.78 is 5.64. The molecular formula is C20H28N6O. The summed E-state index contributed by atoms with van der Waals surface area (Å²) in [5.74, 6) is 2.67. The highest BCUT2D eigenvalue weighted by atomic mass is 16.5.